The summed E-state index contributed by atoms with van der Waals surface area (Å²) in [5.74, 6) is 0.951. The molecule has 0 saturated heterocycles. The fourth-order valence-corrected chi connectivity index (χ4v) is 4.88. The minimum Gasteiger partial charge on any atom is -0.497 e. The van der Waals surface area contributed by atoms with E-state index < -0.39 is 0 Å². The molecule has 4 heteroatoms. The molecule has 1 aromatic carbocycles. The Hall–Kier alpha value is -2.33. The van der Waals surface area contributed by atoms with Crippen molar-refractivity contribution < 1.29 is 4.74 Å². The van der Waals surface area contributed by atoms with Crippen LogP contribution in [-0.4, -0.2) is 34.7 Å². The van der Waals surface area contributed by atoms with Crippen LogP contribution in [0.25, 0.3) is 10.9 Å². The highest BCUT2D eigenvalue weighted by molar-refractivity contribution is 5.87. The molecule has 0 atom stereocenters. The average Bonchev–Trinajstić information content (AvgIpc) is 3.11. The smallest absolute Gasteiger partial charge is 0.119 e. The Morgan fingerprint density at radius 3 is 2.68 bits per heavy atom. The van der Waals surface area contributed by atoms with E-state index in [1.54, 1.807) is 7.11 Å². The van der Waals surface area contributed by atoms with Crippen LogP contribution in [-0.2, 0) is 25.9 Å². The minimum absolute atomic E-state index is 0.951. The molecular formula is C27H37N3O. The SMILES string of the molecule is CCCCCCCN1CCc2c(c3cc(OC)ccc3n2CCc2ccc(C)nc2)C1. The standard InChI is InChI=1S/C27H37N3O/c1-4-5-6-7-8-15-29-16-14-27-25(20-29)24-18-23(31-3)11-12-26(24)30(27)17-13-22-10-9-21(2)28-19-22/h9-12,18-19H,4-8,13-17,20H2,1-3H3. The number of unbranched alkanes of at least 4 members (excludes halogenated alkanes) is 4. The van der Waals surface area contributed by atoms with Crippen LogP contribution in [0, 0.1) is 6.92 Å². The third-order valence-corrected chi connectivity index (χ3v) is 6.71. The largest absolute Gasteiger partial charge is 0.497 e. The quantitative estimate of drug-likeness (QED) is 0.382. The topological polar surface area (TPSA) is 30.3 Å². The maximum Gasteiger partial charge on any atom is 0.119 e. The van der Waals surface area contributed by atoms with Gasteiger partial charge in [-0.05, 0) is 61.7 Å². The Kier molecular flexibility index (Phi) is 7.29. The third-order valence-electron chi connectivity index (χ3n) is 6.71. The highest BCUT2D eigenvalue weighted by atomic mass is 16.5. The number of rotatable bonds is 10. The molecule has 0 unspecified atom stereocenters. The van der Waals surface area contributed by atoms with Crippen molar-refractivity contribution in [2.24, 2.45) is 0 Å². The van der Waals surface area contributed by atoms with Gasteiger partial charge in [0.05, 0.1) is 7.11 Å². The average molecular weight is 420 g/mol. The van der Waals surface area contributed by atoms with E-state index in [2.05, 4.69) is 51.7 Å². The van der Waals surface area contributed by atoms with Crippen LogP contribution in [0.3, 0.4) is 0 Å². The number of ether oxygens (including phenoxy) is 1. The van der Waals surface area contributed by atoms with E-state index in [0.717, 1.165) is 37.4 Å². The van der Waals surface area contributed by atoms with Crippen LogP contribution < -0.4 is 4.74 Å². The molecule has 4 rings (SSSR count). The van der Waals surface area contributed by atoms with Gasteiger partial charge < -0.3 is 9.30 Å². The first-order valence-electron chi connectivity index (χ1n) is 12.0. The van der Waals surface area contributed by atoms with Crippen molar-refractivity contribution in [3.8, 4) is 5.75 Å². The van der Waals surface area contributed by atoms with Crippen LogP contribution in [0.2, 0.25) is 0 Å². The monoisotopic (exact) mass is 419 g/mol. The molecule has 31 heavy (non-hydrogen) atoms. The number of methoxy groups -OCH3 is 1. The number of benzene rings is 1. The molecule has 166 valence electrons. The summed E-state index contributed by atoms with van der Waals surface area (Å²) in [6.45, 7) is 8.77. The Bertz CT molecular complexity index is 990. The van der Waals surface area contributed by atoms with Crippen LogP contribution in [0.4, 0.5) is 0 Å². The normalized spacial score (nSPS) is 14.2. The molecule has 0 fully saturated rings. The lowest BCUT2D eigenvalue weighted by Gasteiger charge is -2.28. The third kappa shape index (κ3) is 5.12. The predicted octanol–water partition coefficient (Wildman–Crippen LogP) is 5.92. The summed E-state index contributed by atoms with van der Waals surface area (Å²) in [6, 6.07) is 10.9. The summed E-state index contributed by atoms with van der Waals surface area (Å²) in [5.41, 5.74) is 6.76. The van der Waals surface area contributed by atoms with E-state index >= 15 is 0 Å². The minimum atomic E-state index is 0.951. The lowest BCUT2D eigenvalue weighted by molar-refractivity contribution is 0.246. The second-order valence-corrected chi connectivity index (χ2v) is 8.96. The summed E-state index contributed by atoms with van der Waals surface area (Å²) in [5, 5.41) is 1.37. The van der Waals surface area contributed by atoms with Gasteiger partial charge >= 0.3 is 0 Å². The molecule has 0 radical (unpaired) electrons. The molecule has 0 bridgehead atoms. The van der Waals surface area contributed by atoms with Crippen LogP contribution >= 0.6 is 0 Å². The summed E-state index contributed by atoms with van der Waals surface area (Å²) >= 11 is 0. The predicted molar refractivity (Wildman–Crippen MR) is 129 cm³/mol. The highest BCUT2D eigenvalue weighted by Crippen LogP contribution is 2.33. The van der Waals surface area contributed by atoms with Crippen molar-refractivity contribution in [3.63, 3.8) is 0 Å². The van der Waals surface area contributed by atoms with Gasteiger partial charge in [-0.25, -0.2) is 0 Å². The first kappa shape index (κ1) is 21.9. The van der Waals surface area contributed by atoms with Crippen molar-refractivity contribution in [1.29, 1.82) is 0 Å². The van der Waals surface area contributed by atoms with Gasteiger partial charge in [-0.1, -0.05) is 38.7 Å². The van der Waals surface area contributed by atoms with Gasteiger partial charge in [-0.3, -0.25) is 9.88 Å². The molecular weight excluding hydrogens is 382 g/mol. The Morgan fingerprint density at radius 2 is 1.90 bits per heavy atom. The fraction of sp³-hybridized carbons (Fsp3) is 0.519. The Morgan fingerprint density at radius 1 is 1.03 bits per heavy atom. The first-order chi connectivity index (χ1) is 15.2. The van der Waals surface area contributed by atoms with E-state index in [0.29, 0.717) is 0 Å². The van der Waals surface area contributed by atoms with Gasteiger partial charge in [0, 0.05) is 54.5 Å². The summed E-state index contributed by atoms with van der Waals surface area (Å²) < 4.78 is 8.12. The van der Waals surface area contributed by atoms with Crippen LogP contribution in [0.1, 0.15) is 61.5 Å². The zero-order valence-corrected chi connectivity index (χ0v) is 19.5. The maximum absolute atomic E-state index is 5.56. The maximum atomic E-state index is 5.56. The van der Waals surface area contributed by atoms with Gasteiger partial charge in [-0.15, -0.1) is 0 Å². The molecule has 3 heterocycles. The lowest BCUT2D eigenvalue weighted by atomic mass is 10.0. The number of aryl methyl sites for hydroxylation is 3. The fourth-order valence-electron chi connectivity index (χ4n) is 4.88. The van der Waals surface area contributed by atoms with Crippen molar-refractivity contribution in [1.82, 2.24) is 14.5 Å². The molecule has 3 aromatic rings. The first-order valence-corrected chi connectivity index (χ1v) is 12.0. The van der Waals surface area contributed by atoms with Gasteiger partial charge in [0.25, 0.3) is 0 Å². The molecule has 0 amide bonds. The molecule has 0 saturated carbocycles. The van der Waals surface area contributed by atoms with Gasteiger partial charge in [0.1, 0.15) is 5.75 Å². The van der Waals surface area contributed by atoms with E-state index in [1.807, 2.05) is 13.1 Å². The number of aromatic nitrogens is 2. The van der Waals surface area contributed by atoms with E-state index in [1.165, 1.54) is 72.9 Å². The van der Waals surface area contributed by atoms with Crippen molar-refractivity contribution in [2.45, 2.75) is 71.9 Å². The van der Waals surface area contributed by atoms with Gasteiger partial charge in [-0.2, -0.15) is 0 Å². The van der Waals surface area contributed by atoms with Crippen molar-refractivity contribution in [3.05, 3.63) is 59.0 Å². The number of pyridine rings is 1. The lowest BCUT2D eigenvalue weighted by Crippen LogP contribution is -2.32. The van der Waals surface area contributed by atoms with Crippen molar-refractivity contribution >= 4 is 10.9 Å². The second kappa shape index (κ2) is 10.3. The Labute approximate surface area is 187 Å². The molecule has 1 aliphatic rings. The number of hydrogen-bond donors (Lipinski definition) is 0. The van der Waals surface area contributed by atoms with Gasteiger partial charge in [0.15, 0.2) is 0 Å². The van der Waals surface area contributed by atoms with E-state index in [9.17, 15) is 0 Å². The van der Waals surface area contributed by atoms with Crippen LogP contribution in [0.5, 0.6) is 5.75 Å². The van der Waals surface area contributed by atoms with E-state index in [-0.39, 0.29) is 0 Å². The highest BCUT2D eigenvalue weighted by Gasteiger charge is 2.24. The second-order valence-electron chi connectivity index (χ2n) is 8.96. The summed E-state index contributed by atoms with van der Waals surface area (Å²) in [6.07, 6.45) is 10.9. The van der Waals surface area contributed by atoms with E-state index in [4.69, 9.17) is 4.74 Å². The van der Waals surface area contributed by atoms with Crippen molar-refractivity contribution in [2.75, 3.05) is 20.2 Å². The zero-order chi connectivity index (χ0) is 21.6. The zero-order valence-electron chi connectivity index (χ0n) is 19.5. The molecule has 1 aliphatic heterocycles. The number of fused-ring (bicyclic) bond motifs is 3. The van der Waals surface area contributed by atoms with Crippen LogP contribution in [0.15, 0.2) is 36.5 Å². The summed E-state index contributed by atoms with van der Waals surface area (Å²) in [7, 11) is 1.76. The number of hydrogen-bond acceptors (Lipinski definition) is 3. The molecule has 0 aliphatic carbocycles. The number of nitrogens with zero attached hydrogens (tertiary/aromatic N) is 3. The summed E-state index contributed by atoms with van der Waals surface area (Å²) in [4.78, 5) is 7.13. The molecule has 2 aromatic heterocycles. The molecule has 0 spiro atoms. The molecule has 0 N–H and O–H groups in total. The Balaban J connectivity index is 1.54. The molecule has 4 nitrogen and oxygen atoms in total. The van der Waals surface area contributed by atoms with Gasteiger partial charge in [0.2, 0.25) is 0 Å².